The van der Waals surface area contributed by atoms with Crippen molar-refractivity contribution in [1.29, 1.82) is 0 Å². The number of nitrogens with one attached hydrogen (secondary N) is 2. The summed E-state index contributed by atoms with van der Waals surface area (Å²) in [5, 5.41) is 6.01. The minimum Gasteiger partial charge on any atom is -0.465 e. The highest BCUT2D eigenvalue weighted by atomic mass is 32.1. The summed E-state index contributed by atoms with van der Waals surface area (Å²) < 4.78 is 4.65. The number of thiophene rings is 1. The van der Waals surface area contributed by atoms with E-state index in [2.05, 4.69) is 15.4 Å². The Hall–Kier alpha value is -1.76. The highest BCUT2D eigenvalue weighted by molar-refractivity contribution is 7.19. The molecule has 0 atom stereocenters. The molecule has 0 saturated heterocycles. The summed E-state index contributed by atoms with van der Waals surface area (Å²) in [5.41, 5.74) is 6.17. The first kappa shape index (κ1) is 13.3. The minimum absolute atomic E-state index is 0.150. The lowest BCUT2D eigenvalue weighted by molar-refractivity contribution is 0.0603. The van der Waals surface area contributed by atoms with Crippen molar-refractivity contribution in [2.24, 2.45) is 0 Å². The summed E-state index contributed by atoms with van der Waals surface area (Å²) in [6.45, 7) is 2.51. The number of methoxy groups -OCH3 is 1. The van der Waals surface area contributed by atoms with Crippen LogP contribution in [-0.2, 0) is 4.74 Å². The Morgan fingerprint density at radius 2 is 2.12 bits per heavy atom. The number of amides is 1. The monoisotopic (exact) mass is 257 g/mol. The molecule has 1 rings (SSSR count). The Bertz CT molecular complexity index is 442. The fourth-order valence-corrected chi connectivity index (χ4v) is 2.44. The van der Waals surface area contributed by atoms with E-state index in [4.69, 9.17) is 5.73 Å². The number of carbonyl (C=O) groups is 2. The van der Waals surface area contributed by atoms with Gasteiger partial charge < -0.3 is 21.1 Å². The van der Waals surface area contributed by atoms with Crippen LogP contribution >= 0.6 is 11.3 Å². The quantitative estimate of drug-likeness (QED) is 0.697. The maximum absolute atomic E-state index is 11.6. The maximum Gasteiger partial charge on any atom is 0.343 e. The van der Waals surface area contributed by atoms with Crippen LogP contribution in [0, 0.1) is 0 Å². The Morgan fingerprint density at radius 1 is 1.47 bits per heavy atom. The second-order valence-electron chi connectivity index (χ2n) is 3.15. The molecule has 1 amide bonds. The van der Waals surface area contributed by atoms with Crippen molar-refractivity contribution in [3.05, 3.63) is 10.4 Å². The fraction of sp³-hybridized carbons (Fsp3) is 0.400. The van der Waals surface area contributed by atoms with Gasteiger partial charge in [-0.25, -0.2) is 4.79 Å². The smallest absolute Gasteiger partial charge is 0.343 e. The van der Waals surface area contributed by atoms with Crippen LogP contribution in [0.4, 0.5) is 10.7 Å². The van der Waals surface area contributed by atoms with Crippen LogP contribution in [-0.4, -0.2) is 32.6 Å². The second kappa shape index (κ2) is 5.53. The van der Waals surface area contributed by atoms with Gasteiger partial charge in [0.05, 0.1) is 12.8 Å². The predicted octanol–water partition coefficient (Wildman–Crippen LogP) is 0.908. The molecule has 0 radical (unpaired) electrons. The Labute approximate surface area is 103 Å². The second-order valence-corrected chi connectivity index (χ2v) is 4.17. The first-order valence-electron chi connectivity index (χ1n) is 5.03. The van der Waals surface area contributed by atoms with Gasteiger partial charge >= 0.3 is 5.97 Å². The van der Waals surface area contributed by atoms with Crippen molar-refractivity contribution in [2.75, 3.05) is 31.8 Å². The number of carbonyl (C=O) groups excluding carboxylic acids is 2. The van der Waals surface area contributed by atoms with E-state index in [1.807, 2.05) is 6.92 Å². The molecule has 0 unspecified atom stereocenters. The zero-order valence-corrected chi connectivity index (χ0v) is 10.7. The van der Waals surface area contributed by atoms with Crippen LogP contribution in [0.15, 0.2) is 0 Å². The lowest BCUT2D eigenvalue weighted by Gasteiger charge is -2.03. The van der Waals surface area contributed by atoms with Gasteiger partial charge in [0.1, 0.15) is 15.4 Å². The Kier molecular flexibility index (Phi) is 4.33. The molecule has 0 aliphatic heterocycles. The zero-order chi connectivity index (χ0) is 13.0. The summed E-state index contributed by atoms with van der Waals surface area (Å²) in [4.78, 5) is 23.5. The van der Waals surface area contributed by atoms with E-state index in [0.717, 1.165) is 11.3 Å². The molecule has 1 aromatic heterocycles. The number of esters is 1. The van der Waals surface area contributed by atoms with Gasteiger partial charge in [-0.2, -0.15) is 0 Å². The largest absolute Gasteiger partial charge is 0.465 e. The molecule has 0 fully saturated rings. The van der Waals surface area contributed by atoms with Gasteiger partial charge in [-0.05, 0) is 6.92 Å². The molecule has 0 bridgehead atoms. The normalized spacial score (nSPS) is 9.82. The third-order valence-corrected chi connectivity index (χ3v) is 3.27. The van der Waals surface area contributed by atoms with Crippen molar-refractivity contribution in [3.63, 3.8) is 0 Å². The van der Waals surface area contributed by atoms with E-state index >= 15 is 0 Å². The van der Waals surface area contributed by atoms with Crippen LogP contribution in [0.5, 0.6) is 0 Å². The summed E-state index contributed by atoms with van der Waals surface area (Å²) >= 11 is 1.14. The van der Waals surface area contributed by atoms with Crippen LogP contribution in [0.3, 0.4) is 0 Å². The van der Waals surface area contributed by atoms with Crippen LogP contribution in [0.25, 0.3) is 0 Å². The van der Waals surface area contributed by atoms with Crippen molar-refractivity contribution in [3.8, 4) is 0 Å². The third-order valence-electron chi connectivity index (χ3n) is 2.11. The SMILES string of the molecule is CCNc1sc(C(=O)NC)c(N)c1C(=O)OC. The van der Waals surface area contributed by atoms with Gasteiger partial charge in [0.2, 0.25) is 0 Å². The summed E-state index contributed by atoms with van der Waals surface area (Å²) in [7, 11) is 2.78. The van der Waals surface area contributed by atoms with Crippen molar-refractivity contribution in [2.45, 2.75) is 6.92 Å². The third kappa shape index (κ3) is 2.50. The number of nitrogens with two attached hydrogens (primary N) is 1. The van der Waals surface area contributed by atoms with Crippen LogP contribution in [0.1, 0.15) is 27.0 Å². The van der Waals surface area contributed by atoms with E-state index in [0.29, 0.717) is 16.4 Å². The van der Waals surface area contributed by atoms with Crippen LogP contribution < -0.4 is 16.4 Å². The van der Waals surface area contributed by atoms with Crippen molar-refractivity contribution >= 4 is 33.9 Å². The molecule has 1 aromatic rings. The first-order valence-corrected chi connectivity index (χ1v) is 5.84. The number of hydrogen-bond donors (Lipinski definition) is 3. The van der Waals surface area contributed by atoms with Gasteiger partial charge in [-0.1, -0.05) is 0 Å². The molecule has 94 valence electrons. The van der Waals surface area contributed by atoms with Crippen LogP contribution in [0.2, 0.25) is 0 Å². The van der Waals surface area contributed by atoms with Gasteiger partial charge in [0.25, 0.3) is 5.91 Å². The average Bonchev–Trinajstić information content (AvgIpc) is 2.65. The van der Waals surface area contributed by atoms with E-state index in [-0.39, 0.29) is 17.2 Å². The number of rotatable bonds is 4. The lowest BCUT2D eigenvalue weighted by Crippen LogP contribution is -2.18. The molecule has 4 N–H and O–H groups in total. The topological polar surface area (TPSA) is 93.5 Å². The highest BCUT2D eigenvalue weighted by Crippen LogP contribution is 2.36. The molecule has 0 aliphatic rings. The molecule has 0 aromatic carbocycles. The van der Waals surface area contributed by atoms with Gasteiger partial charge in [0.15, 0.2) is 0 Å². The summed E-state index contributed by atoms with van der Waals surface area (Å²) in [6, 6.07) is 0. The molecule has 7 heteroatoms. The molecular weight excluding hydrogens is 242 g/mol. The molecular formula is C10H15N3O3S. The van der Waals surface area contributed by atoms with E-state index in [1.54, 1.807) is 0 Å². The molecule has 17 heavy (non-hydrogen) atoms. The maximum atomic E-state index is 11.6. The first-order chi connectivity index (χ1) is 8.06. The average molecular weight is 257 g/mol. The van der Waals surface area contributed by atoms with Gasteiger partial charge in [-0.15, -0.1) is 11.3 Å². The van der Waals surface area contributed by atoms with Crippen molar-refractivity contribution < 1.29 is 14.3 Å². The molecule has 0 saturated carbocycles. The number of ether oxygens (including phenoxy) is 1. The molecule has 0 aliphatic carbocycles. The number of nitrogen functional groups attached to an aromatic ring is 1. The predicted molar refractivity (Wildman–Crippen MR) is 67.6 cm³/mol. The Morgan fingerprint density at radius 3 is 2.59 bits per heavy atom. The summed E-state index contributed by atoms with van der Waals surface area (Å²) in [5.74, 6) is -0.869. The van der Waals surface area contributed by atoms with Crippen molar-refractivity contribution in [1.82, 2.24) is 5.32 Å². The molecule has 6 nitrogen and oxygen atoms in total. The molecule has 0 spiro atoms. The number of hydrogen-bond acceptors (Lipinski definition) is 6. The van der Waals surface area contributed by atoms with Gasteiger partial charge in [-0.3, -0.25) is 4.79 Å². The van der Waals surface area contributed by atoms with E-state index < -0.39 is 5.97 Å². The number of anilines is 2. The van der Waals surface area contributed by atoms with E-state index in [1.165, 1.54) is 14.2 Å². The summed E-state index contributed by atoms with van der Waals surface area (Å²) in [6.07, 6.45) is 0. The standard InChI is InChI=1S/C10H15N3O3S/c1-4-13-9-5(10(15)16-3)6(11)7(17-9)8(14)12-2/h13H,4,11H2,1-3H3,(H,12,14). The zero-order valence-electron chi connectivity index (χ0n) is 9.92. The minimum atomic E-state index is -0.551. The molecule has 1 heterocycles. The lowest BCUT2D eigenvalue weighted by atomic mass is 10.2. The van der Waals surface area contributed by atoms with E-state index in [9.17, 15) is 9.59 Å². The fourth-order valence-electron chi connectivity index (χ4n) is 1.32. The Balaban J connectivity index is 3.29. The highest BCUT2D eigenvalue weighted by Gasteiger charge is 2.25. The van der Waals surface area contributed by atoms with Gasteiger partial charge in [0, 0.05) is 13.6 Å².